The molecule has 2 rings (SSSR count). The number of hydrogen-bond acceptors (Lipinski definition) is 1. The molecule has 0 amide bonds. The lowest BCUT2D eigenvalue weighted by Gasteiger charge is -2.00. The van der Waals surface area contributed by atoms with Crippen LogP contribution in [0.3, 0.4) is 0 Å². The van der Waals surface area contributed by atoms with Gasteiger partial charge in [0.05, 0.1) is 0 Å². The predicted molar refractivity (Wildman–Crippen MR) is 53.0 cm³/mol. The first-order valence-electron chi connectivity index (χ1n) is 4.86. The average Bonchev–Trinajstić information content (AvgIpc) is 2.42. The molecule has 0 spiro atoms. The molecule has 13 heavy (non-hydrogen) atoms. The second-order valence-corrected chi connectivity index (χ2v) is 3.83. The maximum atomic E-state index is 11.7. The van der Waals surface area contributed by atoms with E-state index in [0.29, 0.717) is 5.78 Å². The molecule has 0 fully saturated rings. The molecule has 1 heteroatoms. The minimum absolute atomic E-state index is 0.247. The molecule has 0 N–H and O–H groups in total. The zero-order valence-corrected chi connectivity index (χ0v) is 8.13. The van der Waals surface area contributed by atoms with Crippen LogP contribution in [-0.2, 0) is 6.42 Å². The fraction of sp³-hybridized carbons (Fsp3) is 0.417. The van der Waals surface area contributed by atoms with Gasteiger partial charge in [0.2, 0.25) is 0 Å². The number of rotatable bonds is 1. The maximum absolute atomic E-state index is 11.7. The Morgan fingerprint density at radius 2 is 2.23 bits per heavy atom. The van der Waals surface area contributed by atoms with Crippen LogP contribution in [0.5, 0.6) is 0 Å². The quantitative estimate of drug-likeness (QED) is 0.639. The van der Waals surface area contributed by atoms with Gasteiger partial charge in [0, 0.05) is 11.5 Å². The van der Waals surface area contributed by atoms with Crippen molar-refractivity contribution < 1.29 is 4.79 Å². The van der Waals surface area contributed by atoms with Crippen molar-refractivity contribution in [3.05, 3.63) is 34.9 Å². The topological polar surface area (TPSA) is 17.1 Å². The number of carbonyl (C=O) groups excluding carboxylic acids is 1. The molecule has 1 aliphatic rings. The van der Waals surface area contributed by atoms with Gasteiger partial charge in [-0.05, 0) is 25.3 Å². The summed E-state index contributed by atoms with van der Waals surface area (Å²) < 4.78 is 0. The average molecular weight is 174 g/mol. The van der Waals surface area contributed by atoms with E-state index in [-0.39, 0.29) is 5.92 Å². The molecule has 0 bridgehead atoms. The molecule has 0 saturated heterocycles. The van der Waals surface area contributed by atoms with Crippen molar-refractivity contribution in [3.8, 4) is 0 Å². The van der Waals surface area contributed by atoms with Gasteiger partial charge in [-0.3, -0.25) is 4.79 Å². The molecule has 0 saturated carbocycles. The van der Waals surface area contributed by atoms with Gasteiger partial charge >= 0.3 is 0 Å². The zero-order valence-electron chi connectivity index (χ0n) is 8.13. The molecular formula is C12H14O. The SMILES string of the molecule is CCC1Cc2cc(C)ccc2C1=O. The highest BCUT2D eigenvalue weighted by atomic mass is 16.1. The van der Waals surface area contributed by atoms with Crippen LogP contribution in [0.1, 0.15) is 34.8 Å². The van der Waals surface area contributed by atoms with Crippen LogP contribution in [-0.4, -0.2) is 5.78 Å². The third-order valence-corrected chi connectivity index (χ3v) is 2.86. The van der Waals surface area contributed by atoms with Crippen LogP contribution >= 0.6 is 0 Å². The number of carbonyl (C=O) groups is 1. The van der Waals surface area contributed by atoms with E-state index in [1.807, 2.05) is 12.1 Å². The highest BCUT2D eigenvalue weighted by Crippen LogP contribution is 2.29. The van der Waals surface area contributed by atoms with E-state index < -0.39 is 0 Å². The van der Waals surface area contributed by atoms with E-state index in [0.717, 1.165) is 18.4 Å². The smallest absolute Gasteiger partial charge is 0.166 e. The Morgan fingerprint density at radius 1 is 1.46 bits per heavy atom. The third kappa shape index (κ3) is 1.28. The number of Topliss-reactive ketones (excluding diaryl/α,β-unsaturated/α-hetero) is 1. The van der Waals surface area contributed by atoms with Gasteiger partial charge < -0.3 is 0 Å². The molecule has 1 aromatic carbocycles. The largest absolute Gasteiger partial charge is 0.294 e. The third-order valence-electron chi connectivity index (χ3n) is 2.86. The van der Waals surface area contributed by atoms with E-state index in [1.54, 1.807) is 0 Å². The van der Waals surface area contributed by atoms with Crippen LogP contribution in [0.2, 0.25) is 0 Å². The van der Waals surface area contributed by atoms with Gasteiger partial charge in [-0.1, -0.05) is 30.7 Å². The second-order valence-electron chi connectivity index (χ2n) is 3.83. The van der Waals surface area contributed by atoms with Crippen LogP contribution in [0.4, 0.5) is 0 Å². The van der Waals surface area contributed by atoms with Crippen molar-refractivity contribution in [1.29, 1.82) is 0 Å². The Bertz CT molecular complexity index is 352. The first kappa shape index (κ1) is 8.49. The van der Waals surface area contributed by atoms with Crippen molar-refractivity contribution in [2.45, 2.75) is 26.7 Å². The summed E-state index contributed by atoms with van der Waals surface area (Å²) in [5, 5.41) is 0. The summed E-state index contributed by atoms with van der Waals surface area (Å²) in [6, 6.07) is 6.14. The highest BCUT2D eigenvalue weighted by molar-refractivity contribution is 6.02. The number of hydrogen-bond donors (Lipinski definition) is 0. The Hall–Kier alpha value is -1.11. The molecule has 0 heterocycles. The molecule has 0 aliphatic heterocycles. The molecule has 0 radical (unpaired) electrons. The van der Waals surface area contributed by atoms with Gasteiger partial charge in [0.1, 0.15) is 0 Å². The molecular weight excluding hydrogens is 160 g/mol. The summed E-state index contributed by atoms with van der Waals surface area (Å²) in [6.45, 7) is 4.16. The second kappa shape index (κ2) is 2.99. The van der Waals surface area contributed by atoms with Crippen molar-refractivity contribution in [3.63, 3.8) is 0 Å². The minimum atomic E-state index is 0.247. The lowest BCUT2D eigenvalue weighted by atomic mass is 10.0. The number of ketones is 1. The van der Waals surface area contributed by atoms with E-state index >= 15 is 0 Å². The van der Waals surface area contributed by atoms with Gasteiger partial charge in [0.25, 0.3) is 0 Å². The monoisotopic (exact) mass is 174 g/mol. The Labute approximate surface area is 78.8 Å². The van der Waals surface area contributed by atoms with E-state index in [4.69, 9.17) is 0 Å². The maximum Gasteiger partial charge on any atom is 0.166 e. The summed E-state index contributed by atoms with van der Waals surface area (Å²) in [4.78, 5) is 11.7. The Balaban J connectivity index is 2.44. The van der Waals surface area contributed by atoms with Crippen molar-refractivity contribution in [1.82, 2.24) is 0 Å². The molecule has 0 aromatic heterocycles. The zero-order chi connectivity index (χ0) is 9.42. The molecule has 68 valence electrons. The summed E-state index contributed by atoms with van der Waals surface area (Å²) in [7, 11) is 0. The van der Waals surface area contributed by atoms with E-state index in [2.05, 4.69) is 19.9 Å². The molecule has 1 unspecified atom stereocenters. The van der Waals surface area contributed by atoms with E-state index in [1.165, 1.54) is 11.1 Å². The number of benzene rings is 1. The number of fused-ring (bicyclic) bond motifs is 1. The first-order valence-corrected chi connectivity index (χ1v) is 4.86. The van der Waals surface area contributed by atoms with Crippen LogP contribution < -0.4 is 0 Å². The fourth-order valence-electron chi connectivity index (χ4n) is 2.04. The van der Waals surface area contributed by atoms with Gasteiger partial charge in [-0.15, -0.1) is 0 Å². The van der Waals surface area contributed by atoms with Crippen molar-refractivity contribution in [2.75, 3.05) is 0 Å². The predicted octanol–water partition coefficient (Wildman–Crippen LogP) is 2.76. The fourth-order valence-corrected chi connectivity index (χ4v) is 2.04. The lowest BCUT2D eigenvalue weighted by Crippen LogP contribution is -2.06. The Kier molecular flexibility index (Phi) is 1.95. The molecule has 1 aliphatic carbocycles. The molecule has 1 aromatic rings. The summed E-state index contributed by atoms with van der Waals surface area (Å²) >= 11 is 0. The Morgan fingerprint density at radius 3 is 2.92 bits per heavy atom. The summed E-state index contributed by atoms with van der Waals surface area (Å²) in [5.41, 5.74) is 3.46. The van der Waals surface area contributed by atoms with Crippen LogP contribution in [0, 0.1) is 12.8 Å². The lowest BCUT2D eigenvalue weighted by molar-refractivity contribution is 0.0934. The highest BCUT2D eigenvalue weighted by Gasteiger charge is 2.28. The van der Waals surface area contributed by atoms with Crippen LogP contribution in [0.25, 0.3) is 0 Å². The summed E-state index contributed by atoms with van der Waals surface area (Å²) in [6.07, 6.45) is 1.92. The van der Waals surface area contributed by atoms with Gasteiger partial charge in [-0.25, -0.2) is 0 Å². The standard InChI is InChI=1S/C12H14O/c1-3-9-7-10-6-8(2)4-5-11(10)12(9)13/h4-6,9H,3,7H2,1-2H3. The van der Waals surface area contributed by atoms with Crippen molar-refractivity contribution in [2.24, 2.45) is 5.92 Å². The minimum Gasteiger partial charge on any atom is -0.294 e. The van der Waals surface area contributed by atoms with Crippen LogP contribution in [0.15, 0.2) is 18.2 Å². The van der Waals surface area contributed by atoms with E-state index in [9.17, 15) is 4.79 Å². The summed E-state index contributed by atoms with van der Waals surface area (Å²) in [5.74, 6) is 0.592. The normalized spacial score (nSPS) is 20.5. The first-order chi connectivity index (χ1) is 6.22. The number of aryl methyl sites for hydroxylation is 1. The van der Waals surface area contributed by atoms with Crippen molar-refractivity contribution >= 4 is 5.78 Å². The van der Waals surface area contributed by atoms with Gasteiger partial charge in [0.15, 0.2) is 5.78 Å². The molecule has 1 nitrogen and oxygen atoms in total. The molecule has 1 atom stereocenters. The van der Waals surface area contributed by atoms with Gasteiger partial charge in [-0.2, -0.15) is 0 Å².